The Morgan fingerprint density at radius 3 is 1.72 bits per heavy atom. The van der Waals surface area contributed by atoms with Crippen LogP contribution in [0, 0.1) is 5.41 Å². The number of ether oxygens (including phenoxy) is 3. The third kappa shape index (κ3) is 4.39. The highest BCUT2D eigenvalue weighted by atomic mass is 16.9. The summed E-state index contributed by atoms with van der Waals surface area (Å²) in [4.78, 5) is 2.23. The minimum absolute atomic E-state index is 0.118. The number of hydrogen-bond donors (Lipinski definition) is 1. The molecule has 0 unspecified atom stereocenters. The molecule has 3 aliphatic heterocycles. The van der Waals surface area contributed by atoms with Crippen molar-refractivity contribution in [3.8, 4) is 0 Å². The zero-order valence-corrected chi connectivity index (χ0v) is 17.3. The number of aliphatic hydroxyl groups is 1. The van der Waals surface area contributed by atoms with Gasteiger partial charge in [0.15, 0.2) is 0 Å². The van der Waals surface area contributed by atoms with Crippen LogP contribution in [0.1, 0.15) is 31.4 Å². The van der Waals surface area contributed by atoms with Gasteiger partial charge in [0.2, 0.25) is 0 Å². The first kappa shape index (κ1) is 20.5. The molecule has 2 atom stereocenters. The molecule has 1 N–H and O–H groups in total. The standard InChI is InChI=1S/C24H31NO4/c1-3-21(26)22(24-27-16-23(2,17-28-24)18-29-24)25(14-19-10-6-4-7-11-19)15-20-12-8-5-9-13-20/h4-13,21-22,26H,3,14-18H2,1-2H3/t21-,22+,23?,24?/m1/s1. The number of nitrogens with zero attached hydrogens (tertiary/aromatic N) is 1. The van der Waals surface area contributed by atoms with Crippen LogP contribution < -0.4 is 0 Å². The number of benzene rings is 2. The summed E-state index contributed by atoms with van der Waals surface area (Å²) in [5, 5.41) is 11.1. The first-order valence-corrected chi connectivity index (χ1v) is 10.5. The Morgan fingerprint density at radius 1 is 0.862 bits per heavy atom. The SMILES string of the molecule is CC[C@@H](O)[C@H](N(Cc1ccccc1)Cc1ccccc1)C12OCC(C)(CO1)CO2. The topological polar surface area (TPSA) is 51.2 Å². The van der Waals surface area contributed by atoms with Crippen molar-refractivity contribution in [2.45, 2.75) is 51.5 Å². The van der Waals surface area contributed by atoms with Crippen molar-refractivity contribution in [2.75, 3.05) is 19.8 Å². The van der Waals surface area contributed by atoms with Gasteiger partial charge in [0.1, 0.15) is 6.04 Å². The summed E-state index contributed by atoms with van der Waals surface area (Å²) in [5.41, 5.74) is 2.22. The first-order valence-electron chi connectivity index (χ1n) is 10.5. The van der Waals surface area contributed by atoms with Crippen LogP contribution >= 0.6 is 0 Å². The van der Waals surface area contributed by atoms with Gasteiger partial charge in [0.25, 0.3) is 0 Å². The van der Waals surface area contributed by atoms with E-state index in [0.717, 1.165) is 0 Å². The molecule has 3 aliphatic rings. The van der Waals surface area contributed by atoms with Gasteiger partial charge in [-0.05, 0) is 17.5 Å². The molecule has 29 heavy (non-hydrogen) atoms. The molecular formula is C24H31NO4. The summed E-state index contributed by atoms with van der Waals surface area (Å²) in [6.07, 6.45) is -0.0651. The molecule has 3 fully saturated rings. The van der Waals surface area contributed by atoms with Crippen molar-refractivity contribution in [3.63, 3.8) is 0 Å². The van der Waals surface area contributed by atoms with E-state index in [0.29, 0.717) is 39.3 Å². The van der Waals surface area contributed by atoms with Crippen molar-refractivity contribution in [1.29, 1.82) is 0 Å². The Balaban J connectivity index is 1.68. The Morgan fingerprint density at radius 2 is 1.31 bits per heavy atom. The first-order chi connectivity index (χ1) is 14.0. The van der Waals surface area contributed by atoms with Crippen LogP contribution in [0.15, 0.2) is 60.7 Å². The molecule has 0 radical (unpaired) electrons. The summed E-state index contributed by atoms with van der Waals surface area (Å²) >= 11 is 0. The monoisotopic (exact) mass is 397 g/mol. The minimum atomic E-state index is -1.24. The van der Waals surface area contributed by atoms with Crippen LogP contribution in [-0.2, 0) is 27.3 Å². The predicted molar refractivity (Wildman–Crippen MR) is 111 cm³/mol. The summed E-state index contributed by atoms with van der Waals surface area (Å²) < 4.78 is 18.5. The van der Waals surface area contributed by atoms with Crippen LogP contribution in [-0.4, -0.2) is 47.9 Å². The van der Waals surface area contributed by atoms with Gasteiger partial charge in [-0.3, -0.25) is 4.90 Å². The van der Waals surface area contributed by atoms with Gasteiger partial charge in [-0.2, -0.15) is 0 Å². The van der Waals surface area contributed by atoms with E-state index in [4.69, 9.17) is 14.2 Å². The van der Waals surface area contributed by atoms with Gasteiger partial charge in [0.05, 0.1) is 25.9 Å². The summed E-state index contributed by atoms with van der Waals surface area (Å²) in [7, 11) is 0. The molecule has 0 amide bonds. The maximum absolute atomic E-state index is 11.1. The second-order valence-electron chi connectivity index (χ2n) is 8.58. The average molecular weight is 398 g/mol. The minimum Gasteiger partial charge on any atom is -0.391 e. The molecule has 0 saturated carbocycles. The highest BCUT2D eigenvalue weighted by Crippen LogP contribution is 2.43. The molecule has 0 aromatic heterocycles. The quantitative estimate of drug-likeness (QED) is 0.738. The maximum atomic E-state index is 11.1. The molecule has 0 aliphatic carbocycles. The molecule has 5 nitrogen and oxygen atoms in total. The van der Waals surface area contributed by atoms with Crippen molar-refractivity contribution >= 4 is 0 Å². The Kier molecular flexibility index (Phi) is 6.04. The van der Waals surface area contributed by atoms with E-state index in [9.17, 15) is 5.11 Å². The lowest BCUT2D eigenvalue weighted by molar-refractivity contribution is -0.487. The Labute approximate surface area is 173 Å². The Hall–Kier alpha value is -1.76. The van der Waals surface area contributed by atoms with E-state index in [1.54, 1.807) is 0 Å². The van der Waals surface area contributed by atoms with Crippen molar-refractivity contribution in [2.24, 2.45) is 5.41 Å². The fraction of sp³-hybridized carbons (Fsp3) is 0.500. The van der Waals surface area contributed by atoms with Crippen LogP contribution in [0.5, 0.6) is 0 Å². The lowest BCUT2D eigenvalue weighted by atomic mass is 9.90. The number of aliphatic hydroxyl groups excluding tert-OH is 1. The molecule has 0 spiro atoms. The molecule has 3 saturated heterocycles. The van der Waals surface area contributed by atoms with E-state index in [-0.39, 0.29) is 5.41 Å². The number of fused-ring (bicyclic) bond motifs is 3. The van der Waals surface area contributed by atoms with Crippen LogP contribution in [0.25, 0.3) is 0 Å². The third-order valence-corrected chi connectivity index (χ3v) is 5.86. The zero-order valence-electron chi connectivity index (χ0n) is 17.3. The van der Waals surface area contributed by atoms with E-state index < -0.39 is 18.1 Å². The van der Waals surface area contributed by atoms with E-state index >= 15 is 0 Å². The summed E-state index contributed by atoms with van der Waals surface area (Å²) in [5.74, 6) is -1.24. The fourth-order valence-corrected chi connectivity index (χ4v) is 4.14. The smallest absolute Gasteiger partial charge is 0.302 e. The fourth-order valence-electron chi connectivity index (χ4n) is 4.14. The van der Waals surface area contributed by atoms with Gasteiger partial charge >= 0.3 is 5.97 Å². The third-order valence-electron chi connectivity index (χ3n) is 5.86. The lowest BCUT2D eigenvalue weighted by Crippen LogP contribution is -2.69. The van der Waals surface area contributed by atoms with Gasteiger partial charge in [-0.25, -0.2) is 0 Å². The molecule has 5 rings (SSSR count). The second kappa shape index (κ2) is 8.54. The van der Waals surface area contributed by atoms with E-state index in [1.807, 2.05) is 43.3 Å². The molecule has 3 heterocycles. The van der Waals surface area contributed by atoms with E-state index in [1.165, 1.54) is 11.1 Å². The molecule has 2 aromatic carbocycles. The summed E-state index contributed by atoms with van der Waals surface area (Å²) in [6, 6.07) is 20.1. The molecule has 2 bridgehead atoms. The molecule has 2 aromatic rings. The zero-order chi connectivity index (χ0) is 20.3. The normalized spacial score (nSPS) is 28.4. The molecule has 156 valence electrons. The largest absolute Gasteiger partial charge is 0.391 e. The van der Waals surface area contributed by atoms with E-state index in [2.05, 4.69) is 36.1 Å². The number of rotatable bonds is 8. The van der Waals surface area contributed by atoms with Gasteiger partial charge in [0, 0.05) is 18.5 Å². The predicted octanol–water partition coefficient (Wildman–Crippen LogP) is 3.57. The maximum Gasteiger partial charge on any atom is 0.302 e. The van der Waals surface area contributed by atoms with Gasteiger partial charge in [-0.15, -0.1) is 0 Å². The molecular weight excluding hydrogens is 366 g/mol. The van der Waals surface area contributed by atoms with Gasteiger partial charge in [-0.1, -0.05) is 74.5 Å². The average Bonchev–Trinajstić information content (AvgIpc) is 2.76. The van der Waals surface area contributed by atoms with Crippen molar-refractivity contribution in [3.05, 3.63) is 71.8 Å². The second-order valence-corrected chi connectivity index (χ2v) is 8.58. The Bertz CT molecular complexity index is 716. The number of hydrogen-bond acceptors (Lipinski definition) is 5. The highest BCUT2D eigenvalue weighted by molar-refractivity contribution is 5.18. The van der Waals surface area contributed by atoms with Crippen molar-refractivity contribution < 1.29 is 19.3 Å². The van der Waals surface area contributed by atoms with Crippen LogP contribution in [0.4, 0.5) is 0 Å². The van der Waals surface area contributed by atoms with Crippen LogP contribution in [0.3, 0.4) is 0 Å². The summed E-state index contributed by atoms with van der Waals surface area (Å²) in [6.45, 7) is 7.12. The van der Waals surface area contributed by atoms with Crippen molar-refractivity contribution in [1.82, 2.24) is 4.90 Å². The van der Waals surface area contributed by atoms with Gasteiger partial charge < -0.3 is 19.3 Å². The highest BCUT2D eigenvalue weighted by Gasteiger charge is 2.58. The molecule has 5 heteroatoms. The lowest BCUT2D eigenvalue weighted by Gasteiger charge is -2.55. The van der Waals surface area contributed by atoms with Crippen LogP contribution in [0.2, 0.25) is 0 Å².